The van der Waals surface area contributed by atoms with Gasteiger partial charge in [-0.2, -0.15) is 0 Å². The summed E-state index contributed by atoms with van der Waals surface area (Å²) in [5.74, 6) is -0.864. The average Bonchev–Trinajstić information content (AvgIpc) is 2.34. The van der Waals surface area contributed by atoms with Crippen LogP contribution in [0.5, 0.6) is 0 Å². The lowest BCUT2D eigenvalue weighted by molar-refractivity contribution is -0.132. The Bertz CT molecular complexity index is 575. The molecule has 18 heavy (non-hydrogen) atoms. The molecule has 1 aliphatic carbocycles. The summed E-state index contributed by atoms with van der Waals surface area (Å²) in [4.78, 5) is 10.8. The van der Waals surface area contributed by atoms with Crippen LogP contribution in [-0.4, -0.2) is 11.1 Å². The van der Waals surface area contributed by atoms with Gasteiger partial charge >= 0.3 is 5.97 Å². The van der Waals surface area contributed by atoms with E-state index in [1.54, 1.807) is 12.2 Å². The molecule has 92 valence electrons. The van der Waals surface area contributed by atoms with Gasteiger partial charge in [-0.3, -0.25) is 0 Å². The molecule has 0 fully saturated rings. The molecule has 0 spiro atoms. The van der Waals surface area contributed by atoms with Gasteiger partial charge in [-0.15, -0.1) is 0 Å². The first kappa shape index (κ1) is 12.4. The normalized spacial score (nSPS) is 16.8. The topological polar surface area (TPSA) is 37.3 Å². The summed E-state index contributed by atoms with van der Waals surface area (Å²) >= 11 is 0. The molecule has 0 saturated heterocycles. The number of carboxylic acid groups (broad SMARTS) is 1. The lowest BCUT2D eigenvalue weighted by Crippen LogP contribution is -2.00. The van der Waals surface area contributed by atoms with Crippen LogP contribution in [0.4, 0.5) is 0 Å². The Hall–Kier alpha value is -2.09. The van der Waals surface area contributed by atoms with E-state index in [0.29, 0.717) is 12.0 Å². The molecular formula is C16H16O2. The van der Waals surface area contributed by atoms with Crippen LogP contribution >= 0.6 is 0 Å². The molecule has 0 atom stereocenters. The molecule has 0 aliphatic heterocycles. The second-order valence-electron chi connectivity index (χ2n) is 4.57. The van der Waals surface area contributed by atoms with Crippen LogP contribution in [0.15, 0.2) is 47.6 Å². The van der Waals surface area contributed by atoms with E-state index in [9.17, 15) is 4.79 Å². The summed E-state index contributed by atoms with van der Waals surface area (Å²) in [5.41, 5.74) is 5.20. The van der Waals surface area contributed by atoms with E-state index in [2.05, 4.69) is 38.1 Å². The molecule has 0 saturated carbocycles. The highest BCUT2D eigenvalue weighted by Crippen LogP contribution is 2.20. The van der Waals surface area contributed by atoms with E-state index in [4.69, 9.17) is 5.11 Å². The molecular weight excluding hydrogens is 224 g/mol. The molecule has 0 heterocycles. The van der Waals surface area contributed by atoms with Crippen molar-refractivity contribution in [3.05, 3.63) is 64.3 Å². The second-order valence-corrected chi connectivity index (χ2v) is 4.57. The molecule has 0 unspecified atom stereocenters. The average molecular weight is 240 g/mol. The molecule has 0 bridgehead atoms. The van der Waals surface area contributed by atoms with Crippen LogP contribution in [0.25, 0.3) is 6.08 Å². The number of aliphatic carboxylic acids is 1. The van der Waals surface area contributed by atoms with Crippen molar-refractivity contribution >= 4 is 12.0 Å². The Labute approximate surface area is 107 Å². The van der Waals surface area contributed by atoms with Crippen molar-refractivity contribution in [2.24, 2.45) is 0 Å². The van der Waals surface area contributed by atoms with E-state index in [1.165, 1.54) is 11.1 Å². The van der Waals surface area contributed by atoms with Crippen molar-refractivity contribution in [2.45, 2.75) is 20.3 Å². The zero-order valence-electron chi connectivity index (χ0n) is 10.6. The van der Waals surface area contributed by atoms with Gasteiger partial charge in [0, 0.05) is 0 Å². The van der Waals surface area contributed by atoms with Crippen molar-refractivity contribution in [3.63, 3.8) is 0 Å². The molecule has 1 N–H and O–H groups in total. The van der Waals surface area contributed by atoms with Crippen LogP contribution < -0.4 is 0 Å². The zero-order valence-corrected chi connectivity index (χ0v) is 10.6. The van der Waals surface area contributed by atoms with Crippen molar-refractivity contribution in [2.75, 3.05) is 0 Å². The number of carboxylic acids is 1. The molecule has 1 aliphatic rings. The van der Waals surface area contributed by atoms with Crippen molar-refractivity contribution < 1.29 is 9.90 Å². The van der Waals surface area contributed by atoms with Crippen LogP contribution in [0.2, 0.25) is 0 Å². The highest BCUT2D eigenvalue weighted by atomic mass is 16.4. The lowest BCUT2D eigenvalue weighted by atomic mass is 9.99. The van der Waals surface area contributed by atoms with Crippen LogP contribution in [0, 0.1) is 13.8 Å². The minimum absolute atomic E-state index is 0.368. The zero-order chi connectivity index (χ0) is 13.1. The van der Waals surface area contributed by atoms with Gasteiger partial charge in [-0.25, -0.2) is 4.79 Å². The fourth-order valence-corrected chi connectivity index (χ4v) is 1.89. The summed E-state index contributed by atoms with van der Waals surface area (Å²) in [6.45, 7) is 4.19. The lowest BCUT2D eigenvalue weighted by Gasteiger charge is -2.07. The SMILES string of the molecule is Cc1ccc(C=C2C=CC(C(=O)O)=CC2)cc1C. The number of aryl methyl sites for hydroxylation is 2. The molecule has 0 aromatic heterocycles. The van der Waals surface area contributed by atoms with E-state index in [0.717, 1.165) is 11.1 Å². The van der Waals surface area contributed by atoms with Crippen LogP contribution in [0.1, 0.15) is 23.1 Å². The van der Waals surface area contributed by atoms with E-state index in [1.807, 2.05) is 6.08 Å². The molecule has 1 aromatic carbocycles. The maximum atomic E-state index is 10.8. The van der Waals surface area contributed by atoms with Crippen LogP contribution in [0.3, 0.4) is 0 Å². The van der Waals surface area contributed by atoms with Crippen molar-refractivity contribution in [1.82, 2.24) is 0 Å². The minimum Gasteiger partial charge on any atom is -0.478 e. The number of carbonyl (C=O) groups is 1. The predicted octanol–water partition coefficient (Wildman–Crippen LogP) is 3.66. The highest BCUT2D eigenvalue weighted by Gasteiger charge is 2.07. The van der Waals surface area contributed by atoms with Gasteiger partial charge in [0.2, 0.25) is 0 Å². The molecule has 2 nitrogen and oxygen atoms in total. The molecule has 1 aromatic rings. The minimum atomic E-state index is -0.864. The summed E-state index contributed by atoms with van der Waals surface area (Å²) in [5, 5.41) is 8.84. The maximum absolute atomic E-state index is 10.8. The summed E-state index contributed by atoms with van der Waals surface area (Å²) < 4.78 is 0. The van der Waals surface area contributed by atoms with Crippen LogP contribution in [-0.2, 0) is 4.79 Å². The number of rotatable bonds is 2. The van der Waals surface area contributed by atoms with Gasteiger partial charge in [0.15, 0.2) is 0 Å². The number of hydrogen-bond acceptors (Lipinski definition) is 1. The van der Waals surface area contributed by atoms with Crippen molar-refractivity contribution in [3.8, 4) is 0 Å². The van der Waals surface area contributed by atoms with Gasteiger partial charge in [-0.05, 0) is 48.6 Å². The van der Waals surface area contributed by atoms with E-state index >= 15 is 0 Å². The quantitative estimate of drug-likeness (QED) is 0.856. The molecule has 0 radical (unpaired) electrons. The smallest absolute Gasteiger partial charge is 0.335 e. The highest BCUT2D eigenvalue weighted by molar-refractivity contribution is 5.90. The van der Waals surface area contributed by atoms with Gasteiger partial charge in [0.25, 0.3) is 0 Å². The Morgan fingerprint density at radius 3 is 2.56 bits per heavy atom. The van der Waals surface area contributed by atoms with E-state index < -0.39 is 5.97 Å². The maximum Gasteiger partial charge on any atom is 0.335 e. The molecule has 0 amide bonds. The Kier molecular flexibility index (Phi) is 3.47. The number of benzene rings is 1. The third-order valence-electron chi connectivity index (χ3n) is 3.16. The largest absolute Gasteiger partial charge is 0.478 e. The molecule has 2 rings (SSSR count). The monoisotopic (exact) mass is 240 g/mol. The Morgan fingerprint density at radius 2 is 2.00 bits per heavy atom. The first-order valence-electron chi connectivity index (χ1n) is 5.95. The number of hydrogen-bond donors (Lipinski definition) is 1. The van der Waals surface area contributed by atoms with E-state index in [-0.39, 0.29) is 0 Å². The van der Waals surface area contributed by atoms with Gasteiger partial charge < -0.3 is 5.11 Å². The number of allylic oxidation sites excluding steroid dienone is 3. The standard InChI is InChI=1S/C16H16O2/c1-11-3-4-14(9-12(11)2)10-13-5-7-15(8-6-13)16(17)18/h3-5,7-10H,6H2,1-2H3,(H,17,18). The summed E-state index contributed by atoms with van der Waals surface area (Å²) in [6, 6.07) is 6.33. The third-order valence-corrected chi connectivity index (χ3v) is 3.16. The van der Waals surface area contributed by atoms with Gasteiger partial charge in [0.05, 0.1) is 5.57 Å². The predicted molar refractivity (Wildman–Crippen MR) is 73.4 cm³/mol. The Balaban J connectivity index is 2.19. The van der Waals surface area contributed by atoms with Crippen molar-refractivity contribution in [1.29, 1.82) is 0 Å². The Morgan fingerprint density at radius 1 is 1.22 bits per heavy atom. The third kappa shape index (κ3) is 2.77. The van der Waals surface area contributed by atoms with Gasteiger partial charge in [0.1, 0.15) is 0 Å². The van der Waals surface area contributed by atoms with Gasteiger partial charge in [-0.1, -0.05) is 36.4 Å². The first-order chi connectivity index (χ1) is 8.56. The first-order valence-corrected chi connectivity index (χ1v) is 5.95. The fourth-order valence-electron chi connectivity index (χ4n) is 1.89. The molecule has 2 heteroatoms. The fraction of sp³-hybridized carbons (Fsp3) is 0.188. The summed E-state index contributed by atoms with van der Waals surface area (Å²) in [6.07, 6.45) is 8.04. The second kappa shape index (κ2) is 5.05. The summed E-state index contributed by atoms with van der Waals surface area (Å²) in [7, 11) is 0.